The van der Waals surface area contributed by atoms with Gasteiger partial charge in [-0.15, -0.1) is 0 Å². The minimum absolute atomic E-state index is 0.0916. The van der Waals surface area contributed by atoms with E-state index in [0.717, 1.165) is 24.3 Å². The normalized spacial score (nSPS) is 12.7. The number of carbonyl (C=O) groups is 2. The summed E-state index contributed by atoms with van der Waals surface area (Å²) in [5.41, 5.74) is -6.46. The minimum Gasteiger partial charge on any atom is -0.478 e. The van der Waals surface area contributed by atoms with E-state index in [0.29, 0.717) is 12.1 Å². The van der Waals surface area contributed by atoms with E-state index in [2.05, 4.69) is 0 Å². The molecule has 0 radical (unpaired) electrons. The van der Waals surface area contributed by atoms with Crippen LogP contribution in [0.2, 0.25) is 0 Å². The molecular formula is C19H14F6O4. The highest BCUT2D eigenvalue weighted by Gasteiger charge is 2.39. The van der Waals surface area contributed by atoms with E-state index in [1.165, 1.54) is 13.8 Å². The Labute approximate surface area is 160 Å². The van der Waals surface area contributed by atoms with Crippen LogP contribution < -0.4 is 0 Å². The number of alkyl halides is 6. The van der Waals surface area contributed by atoms with Crippen molar-refractivity contribution in [3.63, 3.8) is 0 Å². The molecule has 0 amide bonds. The van der Waals surface area contributed by atoms with Gasteiger partial charge in [0.2, 0.25) is 0 Å². The van der Waals surface area contributed by atoms with Crippen LogP contribution in [-0.4, -0.2) is 22.2 Å². The summed E-state index contributed by atoms with van der Waals surface area (Å²) in [4.78, 5) is 22.2. The maximum absolute atomic E-state index is 13.3. The lowest BCUT2D eigenvalue weighted by Gasteiger charge is -2.28. The molecule has 0 heterocycles. The van der Waals surface area contributed by atoms with Gasteiger partial charge in [-0.05, 0) is 35.4 Å². The van der Waals surface area contributed by atoms with Crippen molar-refractivity contribution in [2.24, 2.45) is 0 Å². The molecule has 0 aromatic heterocycles. The molecule has 10 heteroatoms. The molecule has 2 N–H and O–H groups in total. The molecule has 2 aromatic rings. The van der Waals surface area contributed by atoms with Crippen molar-refractivity contribution in [3.05, 3.63) is 69.8 Å². The molecule has 0 bridgehead atoms. The predicted octanol–water partition coefficient (Wildman–Crippen LogP) is 5.45. The lowest BCUT2D eigenvalue weighted by molar-refractivity contribution is -0.138. The Morgan fingerprint density at radius 2 is 1.00 bits per heavy atom. The Morgan fingerprint density at radius 1 is 0.690 bits per heavy atom. The van der Waals surface area contributed by atoms with Crippen LogP contribution in [0.4, 0.5) is 26.3 Å². The van der Waals surface area contributed by atoms with E-state index in [9.17, 15) is 35.9 Å². The van der Waals surface area contributed by atoms with E-state index in [4.69, 9.17) is 10.2 Å². The number of benzene rings is 2. The first-order valence-electron chi connectivity index (χ1n) is 7.97. The van der Waals surface area contributed by atoms with Crippen LogP contribution in [0.3, 0.4) is 0 Å². The fraction of sp³-hybridized carbons (Fsp3) is 0.263. The van der Waals surface area contributed by atoms with Crippen LogP contribution >= 0.6 is 0 Å². The van der Waals surface area contributed by atoms with Gasteiger partial charge in [-0.1, -0.05) is 26.0 Å². The molecule has 2 rings (SSSR count). The second kappa shape index (κ2) is 7.09. The molecule has 0 aliphatic rings. The number of hydrogen-bond acceptors (Lipinski definition) is 2. The number of carboxylic acid groups (broad SMARTS) is 2. The highest BCUT2D eigenvalue weighted by molar-refractivity contribution is 5.90. The summed E-state index contributed by atoms with van der Waals surface area (Å²) in [7, 11) is 0. The Bertz CT molecular complexity index is 896. The number of hydrogen-bond donors (Lipinski definition) is 2. The van der Waals surface area contributed by atoms with E-state index in [1.54, 1.807) is 0 Å². The summed E-state index contributed by atoms with van der Waals surface area (Å²) in [6, 6.07) is 4.77. The lowest BCUT2D eigenvalue weighted by Crippen LogP contribution is -2.23. The third-order valence-corrected chi connectivity index (χ3v) is 4.55. The molecule has 0 aliphatic carbocycles. The summed E-state index contributed by atoms with van der Waals surface area (Å²) in [5, 5.41) is 17.9. The SMILES string of the molecule is CC(C)(c1ccc(C(=O)O)c(C(F)(F)F)c1)c1ccc(C(=O)O)c(C(F)(F)F)c1. The molecule has 0 spiro atoms. The van der Waals surface area contributed by atoms with Crippen molar-refractivity contribution in [2.75, 3.05) is 0 Å². The zero-order valence-corrected chi connectivity index (χ0v) is 14.9. The van der Waals surface area contributed by atoms with Gasteiger partial charge in [0.05, 0.1) is 22.3 Å². The molecule has 2 aromatic carbocycles. The predicted molar refractivity (Wildman–Crippen MR) is 88.9 cm³/mol. The summed E-state index contributed by atoms with van der Waals surface area (Å²) < 4.78 is 79.6. The Morgan fingerprint density at radius 3 is 1.24 bits per heavy atom. The van der Waals surface area contributed by atoms with Crippen molar-refractivity contribution in [1.29, 1.82) is 0 Å². The zero-order chi connectivity index (χ0) is 22.4. The monoisotopic (exact) mass is 420 g/mol. The molecule has 0 saturated heterocycles. The van der Waals surface area contributed by atoms with E-state index >= 15 is 0 Å². The van der Waals surface area contributed by atoms with E-state index < -0.39 is 52.0 Å². The largest absolute Gasteiger partial charge is 0.478 e. The summed E-state index contributed by atoms with van der Waals surface area (Å²) in [6.45, 7) is 2.69. The molecule has 0 saturated carbocycles. The highest BCUT2D eigenvalue weighted by atomic mass is 19.4. The van der Waals surface area contributed by atoms with Crippen molar-refractivity contribution in [2.45, 2.75) is 31.6 Å². The van der Waals surface area contributed by atoms with Crippen LogP contribution in [0.25, 0.3) is 0 Å². The Balaban J connectivity index is 2.70. The van der Waals surface area contributed by atoms with Crippen molar-refractivity contribution >= 4 is 11.9 Å². The number of carboxylic acids is 2. The third kappa shape index (κ3) is 4.36. The Kier molecular flexibility index (Phi) is 5.44. The van der Waals surface area contributed by atoms with Gasteiger partial charge in [0.25, 0.3) is 0 Å². The maximum atomic E-state index is 13.3. The van der Waals surface area contributed by atoms with Gasteiger partial charge in [0, 0.05) is 5.41 Å². The molecule has 0 atom stereocenters. The van der Waals surface area contributed by atoms with Gasteiger partial charge in [-0.2, -0.15) is 26.3 Å². The quantitative estimate of drug-likeness (QED) is 0.646. The third-order valence-electron chi connectivity index (χ3n) is 4.55. The van der Waals surface area contributed by atoms with E-state index in [1.807, 2.05) is 0 Å². The van der Waals surface area contributed by atoms with Crippen LogP contribution in [-0.2, 0) is 17.8 Å². The van der Waals surface area contributed by atoms with Gasteiger partial charge in [0.1, 0.15) is 0 Å². The molecule has 0 aliphatic heterocycles. The van der Waals surface area contributed by atoms with Crippen molar-refractivity contribution in [3.8, 4) is 0 Å². The lowest BCUT2D eigenvalue weighted by atomic mass is 9.76. The molecular weight excluding hydrogens is 406 g/mol. The molecule has 0 fully saturated rings. The first-order valence-corrected chi connectivity index (χ1v) is 7.97. The summed E-state index contributed by atoms with van der Waals surface area (Å²) in [5.74, 6) is -3.60. The first-order chi connectivity index (χ1) is 13.1. The second-order valence-corrected chi connectivity index (χ2v) is 6.75. The smallest absolute Gasteiger partial charge is 0.417 e. The summed E-state index contributed by atoms with van der Waals surface area (Å²) in [6.07, 6.45) is -9.99. The molecule has 156 valence electrons. The minimum atomic E-state index is -5.00. The fourth-order valence-electron chi connectivity index (χ4n) is 2.87. The van der Waals surface area contributed by atoms with Gasteiger partial charge in [-0.25, -0.2) is 9.59 Å². The van der Waals surface area contributed by atoms with E-state index in [-0.39, 0.29) is 11.1 Å². The van der Waals surface area contributed by atoms with Crippen molar-refractivity contribution < 1.29 is 46.1 Å². The summed E-state index contributed by atoms with van der Waals surface area (Å²) >= 11 is 0. The Hall–Kier alpha value is -3.04. The van der Waals surface area contributed by atoms with Gasteiger partial charge in [-0.3, -0.25) is 0 Å². The van der Waals surface area contributed by atoms with Crippen LogP contribution in [0.15, 0.2) is 36.4 Å². The second-order valence-electron chi connectivity index (χ2n) is 6.75. The topological polar surface area (TPSA) is 74.6 Å². The fourth-order valence-corrected chi connectivity index (χ4v) is 2.87. The average molecular weight is 420 g/mol. The highest BCUT2D eigenvalue weighted by Crippen LogP contribution is 2.40. The van der Waals surface area contributed by atoms with Gasteiger partial charge < -0.3 is 10.2 Å². The van der Waals surface area contributed by atoms with Crippen LogP contribution in [0, 0.1) is 0 Å². The van der Waals surface area contributed by atoms with Crippen molar-refractivity contribution in [1.82, 2.24) is 0 Å². The number of halogens is 6. The zero-order valence-electron chi connectivity index (χ0n) is 14.9. The van der Waals surface area contributed by atoms with Gasteiger partial charge in [0.15, 0.2) is 0 Å². The molecule has 4 nitrogen and oxygen atoms in total. The standard InChI is InChI=1S/C19H14F6O4/c1-17(2,9-3-5-11(15(26)27)13(7-9)18(20,21)22)10-4-6-12(16(28)29)14(8-10)19(23,24)25/h3-8H,1-2H3,(H,26,27)(H,28,29). The molecule has 29 heavy (non-hydrogen) atoms. The van der Waals surface area contributed by atoms with Crippen LogP contribution in [0.1, 0.15) is 56.8 Å². The average Bonchev–Trinajstić information content (AvgIpc) is 2.58. The first kappa shape index (κ1) is 22.3. The van der Waals surface area contributed by atoms with Crippen LogP contribution in [0.5, 0.6) is 0 Å². The number of rotatable bonds is 4. The number of aromatic carboxylic acids is 2. The molecule has 0 unspecified atom stereocenters. The van der Waals surface area contributed by atoms with Gasteiger partial charge >= 0.3 is 24.3 Å². The maximum Gasteiger partial charge on any atom is 0.417 e.